The highest BCUT2D eigenvalue weighted by Crippen LogP contribution is 2.45. The van der Waals surface area contributed by atoms with E-state index in [4.69, 9.17) is 0 Å². The van der Waals surface area contributed by atoms with Gasteiger partial charge in [0.15, 0.2) is 7.14 Å². The van der Waals surface area contributed by atoms with Crippen molar-refractivity contribution < 1.29 is 4.57 Å². The van der Waals surface area contributed by atoms with Crippen LogP contribution in [0.15, 0.2) is 90.7 Å². The minimum absolute atomic E-state index is 0.856. The van der Waals surface area contributed by atoms with Gasteiger partial charge in [-0.2, -0.15) is 0 Å². The van der Waals surface area contributed by atoms with E-state index in [9.17, 15) is 4.57 Å². The van der Waals surface area contributed by atoms with E-state index in [0.29, 0.717) is 0 Å². The molecule has 0 N–H and O–H groups in total. The van der Waals surface area contributed by atoms with Crippen molar-refractivity contribution in [2.75, 3.05) is 0 Å². The van der Waals surface area contributed by atoms with Crippen LogP contribution in [0.2, 0.25) is 0 Å². The van der Waals surface area contributed by atoms with Gasteiger partial charge in [0.1, 0.15) is 0 Å². The van der Waals surface area contributed by atoms with E-state index in [2.05, 4.69) is 19.1 Å². The molecule has 3 rings (SSSR count). The van der Waals surface area contributed by atoms with Gasteiger partial charge in [-0.15, -0.1) is 0 Å². The Labute approximate surface area is 137 Å². The molecule has 1 nitrogen and oxygen atoms in total. The van der Waals surface area contributed by atoms with Gasteiger partial charge in [-0.1, -0.05) is 96.6 Å². The summed E-state index contributed by atoms with van der Waals surface area (Å²) in [6.45, 7) is 2.06. The molecule has 0 saturated carbocycles. The third-order valence-corrected chi connectivity index (χ3v) is 6.53. The summed E-state index contributed by atoms with van der Waals surface area (Å²) in [5.41, 5.74) is 2.28. The van der Waals surface area contributed by atoms with Crippen LogP contribution >= 0.6 is 7.14 Å². The highest BCUT2D eigenvalue weighted by molar-refractivity contribution is 7.81. The molecule has 0 aliphatic rings. The fraction of sp³-hybridized carbons (Fsp3) is 0.0476. The maximum Gasteiger partial charge on any atom is 0.164 e. The summed E-state index contributed by atoms with van der Waals surface area (Å²) < 4.78 is 13.8. The van der Waals surface area contributed by atoms with Gasteiger partial charge < -0.3 is 4.57 Å². The molecule has 0 aliphatic heterocycles. The van der Waals surface area contributed by atoms with E-state index in [1.54, 1.807) is 0 Å². The molecule has 3 aromatic rings. The minimum Gasteiger partial charge on any atom is -0.309 e. The first kappa shape index (κ1) is 15.5. The second kappa shape index (κ2) is 6.81. The average Bonchev–Trinajstić information content (AvgIpc) is 2.62. The van der Waals surface area contributed by atoms with Crippen molar-refractivity contribution in [1.29, 1.82) is 0 Å². The molecule has 0 saturated heterocycles. The van der Waals surface area contributed by atoms with Crippen LogP contribution in [-0.4, -0.2) is 0 Å². The fourth-order valence-electron chi connectivity index (χ4n) is 2.49. The number of hydrogen-bond acceptors (Lipinski definition) is 1. The van der Waals surface area contributed by atoms with E-state index in [1.807, 2.05) is 84.7 Å². The van der Waals surface area contributed by atoms with Gasteiger partial charge >= 0.3 is 0 Å². The molecule has 0 aliphatic carbocycles. The van der Waals surface area contributed by atoms with Crippen LogP contribution in [0.1, 0.15) is 11.1 Å². The zero-order valence-electron chi connectivity index (χ0n) is 13.1. The zero-order chi connectivity index (χ0) is 16.1. The highest BCUT2D eigenvalue weighted by Gasteiger charge is 2.23. The molecule has 0 amide bonds. The van der Waals surface area contributed by atoms with E-state index in [0.717, 1.165) is 16.2 Å². The molecule has 0 fully saturated rings. The Bertz CT molecular complexity index is 791. The predicted molar refractivity (Wildman–Crippen MR) is 100.0 cm³/mol. The van der Waals surface area contributed by atoms with Crippen molar-refractivity contribution in [3.8, 4) is 0 Å². The smallest absolute Gasteiger partial charge is 0.164 e. The molecule has 0 radical (unpaired) electrons. The van der Waals surface area contributed by atoms with Crippen LogP contribution in [0.5, 0.6) is 0 Å². The summed E-state index contributed by atoms with van der Waals surface area (Å²) in [7, 11) is -2.78. The number of aryl methyl sites for hydroxylation is 1. The standard InChI is InChI=1S/C21H19OP/c1-18-12-14-19(15-13-18)16-17-23(22,20-8-4-2-5-9-20)21-10-6-3-7-11-21/h2-17H,1H3/b17-16+. The van der Waals surface area contributed by atoms with E-state index >= 15 is 0 Å². The Morgan fingerprint density at radius 2 is 1.17 bits per heavy atom. The molecule has 0 heterocycles. The molecule has 0 spiro atoms. The van der Waals surface area contributed by atoms with Gasteiger partial charge in [-0.25, -0.2) is 0 Å². The molecule has 0 atom stereocenters. The van der Waals surface area contributed by atoms with Crippen molar-refractivity contribution in [3.63, 3.8) is 0 Å². The summed E-state index contributed by atoms with van der Waals surface area (Å²) >= 11 is 0. The van der Waals surface area contributed by atoms with Gasteiger partial charge in [-0.05, 0) is 18.3 Å². The molecule has 0 bridgehead atoms. The first-order chi connectivity index (χ1) is 11.2. The first-order valence-electron chi connectivity index (χ1n) is 7.65. The van der Waals surface area contributed by atoms with Crippen LogP contribution in [0, 0.1) is 6.92 Å². The first-order valence-corrected chi connectivity index (χ1v) is 9.43. The summed E-state index contributed by atoms with van der Waals surface area (Å²) in [4.78, 5) is 0. The summed E-state index contributed by atoms with van der Waals surface area (Å²) in [5.74, 6) is 1.86. The summed E-state index contributed by atoms with van der Waals surface area (Å²) in [5, 5.41) is 1.71. The topological polar surface area (TPSA) is 17.1 Å². The maximum atomic E-state index is 13.8. The predicted octanol–water partition coefficient (Wildman–Crippen LogP) is 4.98. The Morgan fingerprint density at radius 1 is 0.696 bits per heavy atom. The number of benzene rings is 3. The van der Waals surface area contributed by atoms with Gasteiger partial charge in [0.05, 0.1) is 0 Å². The molecule has 0 unspecified atom stereocenters. The number of hydrogen-bond donors (Lipinski definition) is 0. The second-order valence-corrected chi connectivity index (χ2v) is 8.20. The van der Waals surface area contributed by atoms with Crippen molar-refractivity contribution in [2.45, 2.75) is 6.92 Å². The summed E-state index contributed by atoms with van der Waals surface area (Å²) in [6.07, 6.45) is 1.96. The van der Waals surface area contributed by atoms with Gasteiger partial charge in [0, 0.05) is 10.6 Å². The van der Waals surface area contributed by atoms with Crippen molar-refractivity contribution >= 4 is 23.8 Å². The van der Waals surface area contributed by atoms with E-state index < -0.39 is 7.14 Å². The Morgan fingerprint density at radius 3 is 1.65 bits per heavy atom. The number of rotatable bonds is 4. The Kier molecular flexibility index (Phi) is 4.60. The molecular weight excluding hydrogens is 299 g/mol. The zero-order valence-corrected chi connectivity index (χ0v) is 14.0. The van der Waals surface area contributed by atoms with Crippen molar-refractivity contribution in [1.82, 2.24) is 0 Å². The third kappa shape index (κ3) is 3.52. The molecule has 23 heavy (non-hydrogen) atoms. The lowest BCUT2D eigenvalue weighted by Gasteiger charge is -2.15. The van der Waals surface area contributed by atoms with Crippen molar-refractivity contribution in [3.05, 3.63) is 102 Å². The van der Waals surface area contributed by atoms with Gasteiger partial charge in [0.2, 0.25) is 0 Å². The third-order valence-electron chi connectivity index (χ3n) is 3.83. The van der Waals surface area contributed by atoms with Gasteiger partial charge in [-0.3, -0.25) is 0 Å². The lowest BCUT2D eigenvalue weighted by atomic mass is 10.2. The van der Waals surface area contributed by atoms with Crippen LogP contribution in [0.25, 0.3) is 6.08 Å². The lowest BCUT2D eigenvalue weighted by molar-refractivity contribution is 0.592. The lowest BCUT2D eigenvalue weighted by Crippen LogP contribution is -2.13. The normalized spacial score (nSPS) is 11.7. The van der Waals surface area contributed by atoms with Crippen LogP contribution < -0.4 is 10.6 Å². The SMILES string of the molecule is Cc1ccc(/C=C/P(=O)(c2ccccc2)c2ccccc2)cc1. The fourth-order valence-corrected chi connectivity index (χ4v) is 4.74. The quantitative estimate of drug-likeness (QED) is 0.620. The van der Waals surface area contributed by atoms with Crippen LogP contribution in [0.3, 0.4) is 0 Å². The van der Waals surface area contributed by atoms with E-state index in [-0.39, 0.29) is 0 Å². The molecular formula is C21H19OP. The largest absolute Gasteiger partial charge is 0.309 e. The highest BCUT2D eigenvalue weighted by atomic mass is 31.2. The molecule has 0 aromatic heterocycles. The second-order valence-electron chi connectivity index (χ2n) is 5.56. The molecule has 2 heteroatoms. The molecule has 3 aromatic carbocycles. The van der Waals surface area contributed by atoms with Crippen LogP contribution in [0.4, 0.5) is 0 Å². The Hall–Kier alpha value is -2.37. The van der Waals surface area contributed by atoms with Crippen molar-refractivity contribution in [2.24, 2.45) is 0 Å². The van der Waals surface area contributed by atoms with E-state index in [1.165, 1.54) is 5.56 Å². The molecule has 114 valence electrons. The average molecular weight is 318 g/mol. The van der Waals surface area contributed by atoms with Crippen LogP contribution in [-0.2, 0) is 4.57 Å². The minimum atomic E-state index is -2.78. The Balaban J connectivity index is 2.06. The summed E-state index contributed by atoms with van der Waals surface area (Å²) in [6, 6.07) is 27.6. The van der Waals surface area contributed by atoms with Gasteiger partial charge in [0.25, 0.3) is 0 Å². The maximum absolute atomic E-state index is 13.8. The monoisotopic (exact) mass is 318 g/mol.